The SMILES string of the molecule is C#CCN1CCC2NC(=O)CCC2C1. The zero-order chi connectivity index (χ0) is 9.97. The predicted octanol–water partition coefficient (Wildman–Crippen LogP) is 0.220. The molecule has 3 heteroatoms. The first-order valence-corrected chi connectivity index (χ1v) is 5.25. The van der Waals surface area contributed by atoms with Gasteiger partial charge in [0.25, 0.3) is 0 Å². The number of terminal acetylenes is 1. The number of rotatable bonds is 1. The summed E-state index contributed by atoms with van der Waals surface area (Å²) in [5, 5.41) is 3.06. The highest BCUT2D eigenvalue weighted by atomic mass is 16.1. The quantitative estimate of drug-likeness (QED) is 0.603. The molecule has 0 aromatic heterocycles. The third kappa shape index (κ3) is 1.91. The molecule has 0 aliphatic carbocycles. The van der Waals surface area contributed by atoms with E-state index in [0.717, 1.165) is 32.5 Å². The van der Waals surface area contributed by atoms with Crippen molar-refractivity contribution in [2.45, 2.75) is 25.3 Å². The van der Waals surface area contributed by atoms with Gasteiger partial charge in [-0.05, 0) is 18.8 Å². The van der Waals surface area contributed by atoms with Gasteiger partial charge in [-0.15, -0.1) is 6.42 Å². The molecule has 0 spiro atoms. The van der Waals surface area contributed by atoms with Crippen LogP contribution in [-0.2, 0) is 4.79 Å². The van der Waals surface area contributed by atoms with Crippen molar-refractivity contribution < 1.29 is 4.79 Å². The zero-order valence-electron chi connectivity index (χ0n) is 8.33. The number of carbonyl (C=O) groups excluding carboxylic acids is 1. The van der Waals surface area contributed by atoms with E-state index in [-0.39, 0.29) is 5.91 Å². The summed E-state index contributed by atoms with van der Waals surface area (Å²) in [7, 11) is 0. The van der Waals surface area contributed by atoms with Gasteiger partial charge in [-0.25, -0.2) is 0 Å². The fourth-order valence-corrected chi connectivity index (χ4v) is 2.46. The molecule has 0 bridgehead atoms. The molecule has 0 aromatic carbocycles. The number of fused-ring (bicyclic) bond motifs is 1. The smallest absolute Gasteiger partial charge is 0.220 e. The molecule has 1 amide bonds. The summed E-state index contributed by atoms with van der Waals surface area (Å²) in [6, 6.07) is 0.408. The van der Waals surface area contributed by atoms with Crippen LogP contribution in [0.3, 0.4) is 0 Å². The molecule has 2 saturated heterocycles. The Morgan fingerprint density at radius 2 is 2.43 bits per heavy atom. The number of nitrogens with one attached hydrogen (secondary N) is 1. The van der Waals surface area contributed by atoms with Crippen LogP contribution >= 0.6 is 0 Å². The van der Waals surface area contributed by atoms with Crippen molar-refractivity contribution in [2.24, 2.45) is 5.92 Å². The predicted molar refractivity (Wildman–Crippen MR) is 54.5 cm³/mol. The van der Waals surface area contributed by atoms with E-state index in [9.17, 15) is 4.79 Å². The Labute approximate surface area is 84.8 Å². The van der Waals surface area contributed by atoms with Crippen molar-refractivity contribution in [1.82, 2.24) is 10.2 Å². The van der Waals surface area contributed by atoms with Crippen LogP contribution in [0.25, 0.3) is 0 Å². The number of carbonyl (C=O) groups is 1. The second-order valence-electron chi connectivity index (χ2n) is 4.20. The maximum atomic E-state index is 11.2. The van der Waals surface area contributed by atoms with E-state index in [1.54, 1.807) is 0 Å². The summed E-state index contributed by atoms with van der Waals surface area (Å²) in [5.41, 5.74) is 0. The normalized spacial score (nSPS) is 32.9. The van der Waals surface area contributed by atoms with Gasteiger partial charge in [0.1, 0.15) is 0 Å². The molecular weight excluding hydrogens is 176 g/mol. The Hall–Kier alpha value is -1.01. The Morgan fingerprint density at radius 1 is 1.57 bits per heavy atom. The molecule has 2 aliphatic heterocycles. The summed E-state index contributed by atoms with van der Waals surface area (Å²) >= 11 is 0. The molecule has 2 fully saturated rings. The lowest BCUT2D eigenvalue weighted by molar-refractivity contribution is -0.125. The topological polar surface area (TPSA) is 32.3 Å². The van der Waals surface area contributed by atoms with Crippen LogP contribution in [-0.4, -0.2) is 36.5 Å². The Bertz CT molecular complexity index is 269. The van der Waals surface area contributed by atoms with Gasteiger partial charge in [0.2, 0.25) is 5.91 Å². The lowest BCUT2D eigenvalue weighted by Gasteiger charge is -2.40. The Kier molecular flexibility index (Phi) is 2.74. The summed E-state index contributed by atoms with van der Waals surface area (Å²) in [4.78, 5) is 13.5. The van der Waals surface area contributed by atoms with Gasteiger partial charge in [-0.2, -0.15) is 0 Å². The second kappa shape index (κ2) is 4.02. The fourth-order valence-electron chi connectivity index (χ4n) is 2.46. The lowest BCUT2D eigenvalue weighted by atomic mass is 9.85. The number of amides is 1. The van der Waals surface area contributed by atoms with Crippen LogP contribution in [0, 0.1) is 18.3 Å². The van der Waals surface area contributed by atoms with Gasteiger partial charge in [0.05, 0.1) is 6.54 Å². The van der Waals surface area contributed by atoms with E-state index >= 15 is 0 Å². The lowest BCUT2D eigenvalue weighted by Crippen LogP contribution is -2.53. The average Bonchev–Trinajstić information content (AvgIpc) is 2.19. The standard InChI is InChI=1S/C11H16N2O/c1-2-6-13-7-5-10-9(8-13)3-4-11(14)12-10/h1,9-10H,3-8H2,(H,12,14). The first-order chi connectivity index (χ1) is 6.79. The van der Waals surface area contributed by atoms with E-state index in [1.807, 2.05) is 0 Å². The Balaban J connectivity index is 1.92. The minimum absolute atomic E-state index is 0.219. The number of piperidine rings is 2. The van der Waals surface area contributed by atoms with Crippen molar-refractivity contribution >= 4 is 5.91 Å². The fraction of sp³-hybridized carbons (Fsp3) is 0.727. The summed E-state index contributed by atoms with van der Waals surface area (Å²) in [6.45, 7) is 2.82. The highest BCUT2D eigenvalue weighted by molar-refractivity contribution is 5.77. The van der Waals surface area contributed by atoms with Gasteiger partial charge in [0.15, 0.2) is 0 Å². The van der Waals surface area contributed by atoms with Gasteiger partial charge in [0, 0.05) is 25.6 Å². The van der Waals surface area contributed by atoms with Crippen LogP contribution < -0.4 is 5.32 Å². The van der Waals surface area contributed by atoms with Crippen LogP contribution in [0.5, 0.6) is 0 Å². The van der Waals surface area contributed by atoms with E-state index in [4.69, 9.17) is 6.42 Å². The molecule has 2 unspecified atom stereocenters. The molecule has 0 radical (unpaired) electrons. The minimum Gasteiger partial charge on any atom is -0.353 e. The van der Waals surface area contributed by atoms with Gasteiger partial charge >= 0.3 is 0 Å². The molecule has 14 heavy (non-hydrogen) atoms. The largest absolute Gasteiger partial charge is 0.353 e. The maximum absolute atomic E-state index is 11.2. The van der Waals surface area contributed by atoms with Crippen molar-refractivity contribution in [3.63, 3.8) is 0 Å². The van der Waals surface area contributed by atoms with Crippen LogP contribution in [0.4, 0.5) is 0 Å². The molecule has 1 N–H and O–H groups in total. The van der Waals surface area contributed by atoms with E-state index in [0.29, 0.717) is 18.4 Å². The van der Waals surface area contributed by atoms with E-state index in [2.05, 4.69) is 16.1 Å². The summed E-state index contributed by atoms with van der Waals surface area (Å²) in [6.07, 6.45) is 8.05. The summed E-state index contributed by atoms with van der Waals surface area (Å²) < 4.78 is 0. The molecule has 76 valence electrons. The maximum Gasteiger partial charge on any atom is 0.220 e. The van der Waals surface area contributed by atoms with Crippen LogP contribution in [0.2, 0.25) is 0 Å². The molecule has 0 aromatic rings. The number of likely N-dealkylation sites (tertiary alicyclic amines) is 1. The molecular formula is C11H16N2O. The van der Waals surface area contributed by atoms with Gasteiger partial charge in [-0.3, -0.25) is 9.69 Å². The monoisotopic (exact) mass is 192 g/mol. The minimum atomic E-state index is 0.219. The first-order valence-electron chi connectivity index (χ1n) is 5.25. The third-order valence-corrected chi connectivity index (χ3v) is 3.22. The molecule has 2 rings (SSSR count). The average molecular weight is 192 g/mol. The van der Waals surface area contributed by atoms with Crippen LogP contribution in [0.15, 0.2) is 0 Å². The number of nitrogens with zero attached hydrogens (tertiary/aromatic N) is 1. The first kappa shape index (κ1) is 9.54. The number of hydrogen-bond acceptors (Lipinski definition) is 2. The van der Waals surface area contributed by atoms with Crippen LogP contribution in [0.1, 0.15) is 19.3 Å². The third-order valence-electron chi connectivity index (χ3n) is 3.22. The van der Waals surface area contributed by atoms with Crippen molar-refractivity contribution in [3.05, 3.63) is 0 Å². The molecule has 2 atom stereocenters. The van der Waals surface area contributed by atoms with Crippen molar-refractivity contribution in [1.29, 1.82) is 0 Å². The van der Waals surface area contributed by atoms with Crippen molar-refractivity contribution in [3.8, 4) is 12.3 Å². The van der Waals surface area contributed by atoms with Gasteiger partial charge < -0.3 is 5.32 Å². The zero-order valence-corrected chi connectivity index (χ0v) is 8.33. The molecule has 0 saturated carbocycles. The molecule has 2 aliphatic rings. The van der Waals surface area contributed by atoms with E-state index < -0.39 is 0 Å². The van der Waals surface area contributed by atoms with Crippen molar-refractivity contribution in [2.75, 3.05) is 19.6 Å². The second-order valence-corrected chi connectivity index (χ2v) is 4.20. The number of hydrogen-bond donors (Lipinski definition) is 1. The highest BCUT2D eigenvalue weighted by Gasteiger charge is 2.33. The van der Waals surface area contributed by atoms with Gasteiger partial charge in [-0.1, -0.05) is 5.92 Å². The summed E-state index contributed by atoms with van der Waals surface area (Å²) in [5.74, 6) is 3.52. The molecule has 2 heterocycles. The Morgan fingerprint density at radius 3 is 3.21 bits per heavy atom. The molecule has 3 nitrogen and oxygen atoms in total. The van der Waals surface area contributed by atoms with E-state index in [1.165, 1.54) is 0 Å². The highest BCUT2D eigenvalue weighted by Crippen LogP contribution is 2.24.